The highest BCUT2D eigenvalue weighted by Crippen LogP contribution is 2.24. The Hall–Kier alpha value is -0.890. The van der Waals surface area contributed by atoms with Gasteiger partial charge >= 0.3 is 0 Å². The standard InChI is InChI=1S/C9H11NS.C2H6/c1-2-7-11-9-6-4-3-5-8(9)10;1-2/h2-7H,10H2,1H3;1-2H3/b7-2+;. The van der Waals surface area contributed by atoms with E-state index in [1.807, 2.05) is 56.5 Å². The molecule has 0 atom stereocenters. The van der Waals surface area contributed by atoms with Crippen LogP contribution in [0.1, 0.15) is 20.8 Å². The molecule has 0 aromatic heterocycles. The lowest BCUT2D eigenvalue weighted by atomic mass is 10.3. The van der Waals surface area contributed by atoms with Crippen LogP contribution in [0.5, 0.6) is 0 Å². The predicted molar refractivity (Wildman–Crippen MR) is 62.9 cm³/mol. The molecule has 13 heavy (non-hydrogen) atoms. The first kappa shape index (κ1) is 12.1. The molecule has 0 saturated carbocycles. The van der Waals surface area contributed by atoms with Gasteiger partial charge < -0.3 is 5.73 Å². The maximum atomic E-state index is 5.71. The minimum absolute atomic E-state index is 0.843. The van der Waals surface area contributed by atoms with E-state index in [0.29, 0.717) is 0 Å². The van der Waals surface area contributed by atoms with Crippen LogP contribution < -0.4 is 5.73 Å². The molecule has 1 aromatic carbocycles. The third-order valence-corrected chi connectivity index (χ3v) is 2.28. The van der Waals surface area contributed by atoms with Gasteiger partial charge in [-0.05, 0) is 24.5 Å². The van der Waals surface area contributed by atoms with Crippen molar-refractivity contribution < 1.29 is 0 Å². The molecule has 1 nitrogen and oxygen atoms in total. The second kappa shape index (κ2) is 7.74. The highest BCUT2D eigenvalue weighted by atomic mass is 32.2. The molecular weight excluding hydrogens is 178 g/mol. The first-order chi connectivity index (χ1) is 6.34. The maximum absolute atomic E-state index is 5.71. The Morgan fingerprint density at radius 2 is 1.85 bits per heavy atom. The van der Waals surface area contributed by atoms with Crippen molar-refractivity contribution in [3.05, 3.63) is 35.7 Å². The third-order valence-electron chi connectivity index (χ3n) is 1.25. The van der Waals surface area contributed by atoms with E-state index in [0.717, 1.165) is 10.6 Å². The van der Waals surface area contributed by atoms with Crippen LogP contribution >= 0.6 is 11.8 Å². The first-order valence-electron chi connectivity index (χ1n) is 4.47. The topological polar surface area (TPSA) is 26.0 Å². The largest absolute Gasteiger partial charge is 0.398 e. The van der Waals surface area contributed by atoms with Crippen LogP contribution in [0.2, 0.25) is 0 Å². The van der Waals surface area contributed by atoms with Crippen LogP contribution in [0.3, 0.4) is 0 Å². The zero-order valence-electron chi connectivity index (χ0n) is 8.45. The molecule has 0 fully saturated rings. The van der Waals surface area contributed by atoms with E-state index in [9.17, 15) is 0 Å². The van der Waals surface area contributed by atoms with E-state index < -0.39 is 0 Å². The lowest BCUT2D eigenvalue weighted by Gasteiger charge is -1.99. The fraction of sp³-hybridized carbons (Fsp3) is 0.273. The van der Waals surface area contributed by atoms with Crippen molar-refractivity contribution in [2.45, 2.75) is 25.7 Å². The summed E-state index contributed by atoms with van der Waals surface area (Å²) in [5, 5.41) is 2.02. The number of thioether (sulfide) groups is 1. The third kappa shape index (κ3) is 4.63. The number of rotatable bonds is 2. The first-order valence-corrected chi connectivity index (χ1v) is 5.35. The Labute approximate surface area is 85.0 Å². The molecule has 0 spiro atoms. The van der Waals surface area contributed by atoms with E-state index in [1.165, 1.54) is 0 Å². The molecule has 0 aliphatic rings. The van der Waals surface area contributed by atoms with Gasteiger partial charge in [-0.2, -0.15) is 0 Å². The van der Waals surface area contributed by atoms with E-state index in [1.54, 1.807) is 11.8 Å². The summed E-state index contributed by atoms with van der Waals surface area (Å²) in [6, 6.07) is 7.85. The average molecular weight is 195 g/mol. The summed E-state index contributed by atoms with van der Waals surface area (Å²) in [7, 11) is 0. The molecule has 0 amide bonds. The quantitative estimate of drug-likeness (QED) is 0.571. The second-order valence-electron chi connectivity index (χ2n) is 2.13. The van der Waals surface area contributed by atoms with E-state index in [-0.39, 0.29) is 0 Å². The number of allylic oxidation sites excluding steroid dienone is 1. The Bertz CT molecular complexity index is 256. The number of para-hydroxylation sites is 1. The van der Waals surface area contributed by atoms with Gasteiger partial charge in [0.05, 0.1) is 0 Å². The van der Waals surface area contributed by atoms with Crippen LogP contribution in [0.15, 0.2) is 40.6 Å². The fourth-order valence-electron chi connectivity index (χ4n) is 0.729. The van der Waals surface area contributed by atoms with Gasteiger partial charge in [0, 0.05) is 10.6 Å². The molecule has 1 rings (SSSR count). The Morgan fingerprint density at radius 1 is 1.23 bits per heavy atom. The summed E-state index contributed by atoms with van der Waals surface area (Å²) in [6.07, 6.45) is 2.00. The van der Waals surface area contributed by atoms with Crippen LogP contribution in [0.4, 0.5) is 5.69 Å². The highest BCUT2D eigenvalue weighted by Gasteiger charge is 1.93. The molecule has 0 aliphatic heterocycles. The van der Waals surface area contributed by atoms with Crippen molar-refractivity contribution in [3.63, 3.8) is 0 Å². The Morgan fingerprint density at radius 3 is 2.38 bits per heavy atom. The molecule has 0 unspecified atom stereocenters. The molecule has 0 bridgehead atoms. The zero-order chi connectivity index (χ0) is 10.1. The fourth-order valence-corrected chi connectivity index (χ4v) is 1.37. The van der Waals surface area contributed by atoms with Crippen LogP contribution in [0.25, 0.3) is 0 Å². The van der Waals surface area contributed by atoms with Crippen molar-refractivity contribution in [3.8, 4) is 0 Å². The van der Waals surface area contributed by atoms with Crippen LogP contribution in [0, 0.1) is 0 Å². The predicted octanol–water partition coefficient (Wildman–Crippen LogP) is 3.92. The lowest BCUT2D eigenvalue weighted by molar-refractivity contribution is 1.47. The monoisotopic (exact) mass is 195 g/mol. The van der Waals surface area contributed by atoms with E-state index >= 15 is 0 Å². The molecule has 2 N–H and O–H groups in total. The zero-order valence-corrected chi connectivity index (χ0v) is 9.27. The van der Waals surface area contributed by atoms with Gasteiger partial charge in [0.1, 0.15) is 0 Å². The van der Waals surface area contributed by atoms with E-state index in [2.05, 4.69) is 0 Å². The average Bonchev–Trinajstić information content (AvgIpc) is 2.20. The molecule has 0 saturated heterocycles. The van der Waals surface area contributed by atoms with Crippen LogP contribution in [-0.4, -0.2) is 0 Å². The summed E-state index contributed by atoms with van der Waals surface area (Å²) < 4.78 is 0. The number of anilines is 1. The van der Waals surface area contributed by atoms with Gasteiger partial charge in [0.15, 0.2) is 0 Å². The molecule has 2 heteroatoms. The number of hydrogen-bond donors (Lipinski definition) is 1. The number of nitrogen functional groups attached to an aromatic ring is 1. The minimum Gasteiger partial charge on any atom is -0.398 e. The van der Waals surface area contributed by atoms with Gasteiger partial charge in [-0.1, -0.05) is 43.8 Å². The Balaban J connectivity index is 0.000000671. The summed E-state index contributed by atoms with van der Waals surface area (Å²) in [6.45, 7) is 5.99. The van der Waals surface area contributed by atoms with Crippen molar-refractivity contribution in [1.82, 2.24) is 0 Å². The SMILES string of the molecule is C/C=C/Sc1ccccc1N.CC. The lowest BCUT2D eigenvalue weighted by Crippen LogP contribution is -1.85. The molecular formula is C11H17NS. The molecule has 0 aliphatic carbocycles. The van der Waals surface area contributed by atoms with Gasteiger partial charge in [-0.15, -0.1) is 0 Å². The maximum Gasteiger partial charge on any atom is 0.0455 e. The summed E-state index contributed by atoms with van der Waals surface area (Å²) in [5.41, 5.74) is 6.55. The van der Waals surface area contributed by atoms with E-state index in [4.69, 9.17) is 5.73 Å². The van der Waals surface area contributed by atoms with Gasteiger partial charge in [0.25, 0.3) is 0 Å². The molecule has 1 aromatic rings. The summed E-state index contributed by atoms with van der Waals surface area (Å²) in [5.74, 6) is 0. The number of hydrogen-bond acceptors (Lipinski definition) is 2. The van der Waals surface area contributed by atoms with Crippen molar-refractivity contribution in [1.29, 1.82) is 0 Å². The molecule has 0 heterocycles. The number of nitrogens with two attached hydrogens (primary N) is 1. The minimum atomic E-state index is 0.843. The highest BCUT2D eigenvalue weighted by molar-refractivity contribution is 8.02. The van der Waals surface area contributed by atoms with Crippen molar-refractivity contribution in [2.24, 2.45) is 0 Å². The normalized spacial score (nSPS) is 9.46. The Kier molecular flexibility index (Phi) is 7.21. The smallest absolute Gasteiger partial charge is 0.0455 e. The molecule has 72 valence electrons. The van der Waals surface area contributed by atoms with Crippen molar-refractivity contribution >= 4 is 17.4 Å². The van der Waals surface area contributed by atoms with Gasteiger partial charge in [-0.25, -0.2) is 0 Å². The van der Waals surface area contributed by atoms with Crippen molar-refractivity contribution in [2.75, 3.05) is 5.73 Å². The van der Waals surface area contributed by atoms with Gasteiger partial charge in [-0.3, -0.25) is 0 Å². The number of benzene rings is 1. The second-order valence-corrected chi connectivity index (χ2v) is 3.07. The molecule has 0 radical (unpaired) electrons. The van der Waals surface area contributed by atoms with Gasteiger partial charge in [0.2, 0.25) is 0 Å². The summed E-state index contributed by atoms with van der Waals surface area (Å²) >= 11 is 1.64. The summed E-state index contributed by atoms with van der Waals surface area (Å²) in [4.78, 5) is 1.12. The van der Waals surface area contributed by atoms with Crippen LogP contribution in [-0.2, 0) is 0 Å².